The fraction of sp³-hybridized carbons (Fsp3) is 0.821. The van der Waals surface area contributed by atoms with E-state index in [0.29, 0.717) is 25.8 Å². The number of esters is 1. The normalized spacial score (nSPS) is 22.8. The van der Waals surface area contributed by atoms with Crippen LogP contribution in [0.25, 0.3) is 0 Å². The standard InChI is InChI=1S/C28H49N3O6S/c1-19(2)15-20-16-21(24(33)37-9)31(17-20)23(32)22(26(3,4)5)29-25(34)30-28(13-11-10-12-14-28)18-38(35,36)27(6,7)8/h15,20-22H,10-14,16-18H2,1-9H3,(H2,29,30,34)/t20?,21-,22+/m0/s1. The Hall–Kier alpha value is -2.10. The van der Waals surface area contributed by atoms with Crippen molar-refractivity contribution in [2.45, 2.75) is 116 Å². The Kier molecular flexibility index (Phi) is 10.1. The van der Waals surface area contributed by atoms with E-state index in [-0.39, 0.29) is 17.6 Å². The molecule has 1 saturated heterocycles. The van der Waals surface area contributed by atoms with E-state index in [1.54, 1.807) is 20.8 Å². The van der Waals surface area contributed by atoms with Gasteiger partial charge in [-0.3, -0.25) is 4.79 Å². The fourth-order valence-electron chi connectivity index (χ4n) is 5.40. The third-order valence-corrected chi connectivity index (χ3v) is 10.4. The Balaban J connectivity index is 2.31. The van der Waals surface area contributed by atoms with Crippen LogP contribution in [0.1, 0.15) is 93.9 Å². The van der Waals surface area contributed by atoms with Crippen molar-refractivity contribution < 1.29 is 27.5 Å². The summed E-state index contributed by atoms with van der Waals surface area (Å²) in [5.74, 6) is -0.969. The van der Waals surface area contributed by atoms with E-state index >= 15 is 0 Å². The summed E-state index contributed by atoms with van der Waals surface area (Å²) >= 11 is 0. The third kappa shape index (κ3) is 7.96. The van der Waals surface area contributed by atoms with Crippen LogP contribution in [0.15, 0.2) is 11.6 Å². The molecule has 1 saturated carbocycles. The van der Waals surface area contributed by atoms with Gasteiger partial charge in [-0.15, -0.1) is 0 Å². The predicted octanol–water partition coefficient (Wildman–Crippen LogP) is 3.97. The molecule has 3 amide bonds. The maximum Gasteiger partial charge on any atom is 0.328 e. The number of nitrogens with one attached hydrogen (secondary N) is 2. The van der Waals surface area contributed by atoms with Crippen LogP contribution in [-0.4, -0.2) is 73.0 Å². The van der Waals surface area contributed by atoms with Crippen LogP contribution in [0.3, 0.4) is 0 Å². The quantitative estimate of drug-likeness (QED) is 0.362. The number of ether oxygens (including phenoxy) is 1. The number of allylic oxidation sites excluding steroid dienone is 1. The highest BCUT2D eigenvalue weighted by Gasteiger charge is 2.46. The lowest BCUT2D eigenvalue weighted by Crippen LogP contribution is -2.63. The fourth-order valence-corrected chi connectivity index (χ4v) is 6.92. The first-order chi connectivity index (χ1) is 17.3. The van der Waals surface area contributed by atoms with Crippen molar-refractivity contribution in [1.82, 2.24) is 15.5 Å². The molecule has 2 aliphatic rings. The molecule has 38 heavy (non-hydrogen) atoms. The van der Waals surface area contributed by atoms with Gasteiger partial charge in [-0.2, -0.15) is 0 Å². The summed E-state index contributed by atoms with van der Waals surface area (Å²) in [5.41, 5.74) is -0.460. The molecule has 1 aliphatic carbocycles. The van der Waals surface area contributed by atoms with Gasteiger partial charge >= 0.3 is 12.0 Å². The topological polar surface area (TPSA) is 122 Å². The molecule has 1 unspecified atom stereocenters. The maximum atomic E-state index is 13.9. The van der Waals surface area contributed by atoms with Gasteiger partial charge in [-0.1, -0.05) is 51.7 Å². The molecule has 0 aromatic heterocycles. The van der Waals surface area contributed by atoms with Crippen LogP contribution in [-0.2, 0) is 24.2 Å². The van der Waals surface area contributed by atoms with E-state index < -0.39 is 49.6 Å². The second-order valence-corrected chi connectivity index (χ2v) is 16.1. The SMILES string of the molecule is COC(=O)[C@@H]1CC(C=C(C)C)CN1C(=O)[C@@H](NC(=O)NC1(CS(=O)(=O)C(C)(C)C)CCCCC1)C(C)(C)C. The lowest BCUT2D eigenvalue weighted by atomic mass is 9.83. The monoisotopic (exact) mass is 555 g/mol. The van der Waals surface area contributed by atoms with E-state index in [1.165, 1.54) is 12.0 Å². The third-order valence-electron chi connectivity index (χ3n) is 7.64. The molecule has 0 spiro atoms. The van der Waals surface area contributed by atoms with Crippen LogP contribution in [0, 0.1) is 11.3 Å². The van der Waals surface area contributed by atoms with Crippen molar-refractivity contribution in [2.75, 3.05) is 19.4 Å². The van der Waals surface area contributed by atoms with Crippen LogP contribution >= 0.6 is 0 Å². The summed E-state index contributed by atoms with van der Waals surface area (Å²) in [6.45, 7) is 14.9. The Morgan fingerprint density at radius 3 is 2.11 bits per heavy atom. The molecular weight excluding hydrogens is 506 g/mol. The molecule has 2 N–H and O–H groups in total. The van der Waals surface area contributed by atoms with Crippen molar-refractivity contribution in [3.05, 3.63) is 11.6 Å². The van der Waals surface area contributed by atoms with Crippen molar-refractivity contribution in [3.8, 4) is 0 Å². The summed E-state index contributed by atoms with van der Waals surface area (Å²) in [6.07, 6.45) is 6.26. The summed E-state index contributed by atoms with van der Waals surface area (Å²) in [6, 6.07) is -2.23. The van der Waals surface area contributed by atoms with E-state index in [4.69, 9.17) is 4.74 Å². The van der Waals surface area contributed by atoms with Gasteiger partial charge in [0, 0.05) is 6.54 Å². The Morgan fingerprint density at radius 1 is 1.05 bits per heavy atom. The first-order valence-electron chi connectivity index (χ1n) is 13.7. The minimum atomic E-state index is -3.50. The number of rotatable bonds is 7. The van der Waals surface area contributed by atoms with Crippen LogP contribution in [0.2, 0.25) is 0 Å². The highest BCUT2D eigenvalue weighted by molar-refractivity contribution is 7.92. The molecular formula is C28H49N3O6S. The van der Waals surface area contributed by atoms with Gasteiger partial charge in [-0.05, 0) is 65.2 Å². The number of carbonyl (C=O) groups excluding carboxylic acids is 3. The molecule has 1 heterocycles. The van der Waals surface area contributed by atoms with Crippen molar-refractivity contribution in [2.24, 2.45) is 11.3 Å². The van der Waals surface area contributed by atoms with Crippen molar-refractivity contribution in [3.63, 3.8) is 0 Å². The Morgan fingerprint density at radius 2 is 1.63 bits per heavy atom. The molecule has 218 valence electrons. The average molecular weight is 556 g/mol. The summed E-state index contributed by atoms with van der Waals surface area (Å²) in [4.78, 5) is 41.4. The zero-order valence-corrected chi connectivity index (χ0v) is 25.6. The molecule has 2 fully saturated rings. The Labute approximate surface area is 229 Å². The number of methoxy groups -OCH3 is 1. The highest BCUT2D eigenvalue weighted by Crippen LogP contribution is 2.33. The lowest BCUT2D eigenvalue weighted by Gasteiger charge is -2.41. The average Bonchev–Trinajstić information content (AvgIpc) is 3.18. The predicted molar refractivity (Wildman–Crippen MR) is 149 cm³/mol. The summed E-state index contributed by atoms with van der Waals surface area (Å²) in [7, 11) is -2.19. The molecule has 0 radical (unpaired) electrons. The summed E-state index contributed by atoms with van der Waals surface area (Å²) in [5, 5.41) is 5.85. The zero-order valence-electron chi connectivity index (χ0n) is 24.8. The van der Waals surface area contributed by atoms with Gasteiger partial charge in [-0.25, -0.2) is 18.0 Å². The number of hydrogen-bond acceptors (Lipinski definition) is 6. The van der Waals surface area contributed by atoms with E-state index in [1.807, 2.05) is 34.6 Å². The van der Waals surface area contributed by atoms with Gasteiger partial charge in [0.2, 0.25) is 5.91 Å². The minimum absolute atomic E-state index is 0.00982. The van der Waals surface area contributed by atoms with Crippen LogP contribution < -0.4 is 10.6 Å². The summed E-state index contributed by atoms with van der Waals surface area (Å²) < 4.78 is 30.3. The van der Waals surface area contributed by atoms with Gasteiger partial charge in [0.05, 0.1) is 23.1 Å². The molecule has 10 heteroatoms. The number of carbonyl (C=O) groups is 3. The van der Waals surface area contributed by atoms with Gasteiger partial charge < -0.3 is 20.3 Å². The first-order valence-corrected chi connectivity index (χ1v) is 15.3. The number of sulfone groups is 1. The van der Waals surface area contributed by atoms with E-state index in [2.05, 4.69) is 16.7 Å². The molecule has 0 aromatic carbocycles. The second kappa shape index (κ2) is 12.0. The van der Waals surface area contributed by atoms with Crippen LogP contribution in [0.5, 0.6) is 0 Å². The molecule has 0 bridgehead atoms. The number of amides is 3. The van der Waals surface area contributed by atoms with Crippen LogP contribution in [0.4, 0.5) is 4.79 Å². The molecule has 3 atom stereocenters. The first kappa shape index (κ1) is 32.1. The van der Waals surface area contributed by atoms with E-state index in [0.717, 1.165) is 24.8 Å². The number of likely N-dealkylation sites (tertiary alicyclic amines) is 1. The van der Waals surface area contributed by atoms with Gasteiger partial charge in [0.25, 0.3) is 0 Å². The van der Waals surface area contributed by atoms with Crippen molar-refractivity contribution in [1.29, 1.82) is 0 Å². The Bertz CT molecular complexity index is 1010. The minimum Gasteiger partial charge on any atom is -0.467 e. The highest BCUT2D eigenvalue weighted by atomic mass is 32.2. The molecule has 0 aromatic rings. The number of hydrogen-bond donors (Lipinski definition) is 2. The smallest absolute Gasteiger partial charge is 0.328 e. The lowest BCUT2D eigenvalue weighted by molar-refractivity contribution is -0.152. The molecule has 1 aliphatic heterocycles. The molecule has 2 rings (SSSR count). The zero-order chi connectivity index (χ0) is 29.1. The van der Waals surface area contributed by atoms with E-state index in [9.17, 15) is 22.8 Å². The number of urea groups is 1. The maximum absolute atomic E-state index is 13.9. The molecule has 9 nitrogen and oxygen atoms in total. The van der Waals surface area contributed by atoms with Gasteiger partial charge in [0.1, 0.15) is 12.1 Å². The number of nitrogens with zero attached hydrogens (tertiary/aromatic N) is 1. The largest absolute Gasteiger partial charge is 0.467 e. The van der Waals surface area contributed by atoms with Gasteiger partial charge in [0.15, 0.2) is 9.84 Å². The van der Waals surface area contributed by atoms with Crippen molar-refractivity contribution >= 4 is 27.7 Å². The second-order valence-electron chi connectivity index (χ2n) is 13.4.